The fourth-order valence-electron chi connectivity index (χ4n) is 0.978. The van der Waals surface area contributed by atoms with Crippen LogP contribution in [0.15, 0.2) is 0 Å². The number of carbonyl (C=O) groups excluding carboxylic acids is 3. The summed E-state index contributed by atoms with van der Waals surface area (Å²) in [6.07, 6.45) is -1.10. The number of nitrogens with one attached hydrogen (secondary N) is 1. The van der Waals surface area contributed by atoms with Gasteiger partial charge in [-0.2, -0.15) is 0 Å². The Kier molecular flexibility index (Phi) is 7.49. The van der Waals surface area contributed by atoms with Gasteiger partial charge in [0.2, 0.25) is 0 Å². The highest BCUT2D eigenvalue weighted by molar-refractivity contribution is 5.93. The number of hydrazine groups is 1. The van der Waals surface area contributed by atoms with Gasteiger partial charge in [0.25, 0.3) is 5.91 Å². The van der Waals surface area contributed by atoms with E-state index in [1.165, 1.54) is 0 Å². The summed E-state index contributed by atoms with van der Waals surface area (Å²) in [5, 5.41) is 0.533. The Morgan fingerprint density at radius 3 is 2.12 bits per heavy atom. The maximum Gasteiger partial charge on any atom is 0.436 e. The van der Waals surface area contributed by atoms with E-state index < -0.39 is 18.1 Å². The zero-order chi connectivity index (χ0) is 13.3. The van der Waals surface area contributed by atoms with Crippen LogP contribution in [0.5, 0.6) is 0 Å². The molecule has 0 unspecified atom stereocenters. The standard InChI is InChI=1S/C10H18N2O5/c1-4-7-8(13)12(10(15)17-6-3)11-9(14)16-5-2/h4-7H2,1-3H3,(H,11,14). The average molecular weight is 246 g/mol. The lowest BCUT2D eigenvalue weighted by molar-refractivity contribution is -0.131. The molecule has 0 aromatic carbocycles. The molecule has 0 saturated carbocycles. The molecule has 17 heavy (non-hydrogen) atoms. The number of nitrogens with zero attached hydrogens (tertiary/aromatic N) is 1. The van der Waals surface area contributed by atoms with Gasteiger partial charge in [0, 0.05) is 6.42 Å². The third kappa shape index (κ3) is 5.74. The van der Waals surface area contributed by atoms with Gasteiger partial charge in [-0.1, -0.05) is 6.92 Å². The van der Waals surface area contributed by atoms with Crippen molar-refractivity contribution < 1.29 is 23.9 Å². The molecule has 0 aliphatic rings. The number of hydrogen-bond acceptors (Lipinski definition) is 5. The molecule has 0 aromatic heterocycles. The zero-order valence-corrected chi connectivity index (χ0v) is 10.3. The Balaban J connectivity index is 4.55. The van der Waals surface area contributed by atoms with E-state index in [2.05, 4.69) is 9.47 Å². The van der Waals surface area contributed by atoms with E-state index >= 15 is 0 Å². The first-order valence-electron chi connectivity index (χ1n) is 5.49. The summed E-state index contributed by atoms with van der Waals surface area (Å²) in [7, 11) is 0. The highest BCUT2D eigenvalue weighted by Gasteiger charge is 2.24. The summed E-state index contributed by atoms with van der Waals surface area (Å²) in [4.78, 5) is 34.1. The van der Waals surface area contributed by atoms with Gasteiger partial charge in [-0.25, -0.2) is 15.0 Å². The number of amides is 3. The topological polar surface area (TPSA) is 84.9 Å². The molecule has 0 bridgehead atoms. The first-order chi connectivity index (χ1) is 8.06. The summed E-state index contributed by atoms with van der Waals surface area (Å²) >= 11 is 0. The molecule has 1 N–H and O–H groups in total. The molecule has 7 heteroatoms. The van der Waals surface area contributed by atoms with Crippen LogP contribution in [0.25, 0.3) is 0 Å². The second-order valence-corrected chi connectivity index (χ2v) is 3.01. The van der Waals surface area contributed by atoms with Crippen molar-refractivity contribution in [2.75, 3.05) is 13.2 Å². The lowest BCUT2D eigenvalue weighted by Gasteiger charge is -2.19. The van der Waals surface area contributed by atoms with E-state index in [1.807, 2.05) is 5.43 Å². The molecule has 0 heterocycles. The minimum atomic E-state index is -0.918. The number of imide groups is 1. The zero-order valence-electron chi connectivity index (χ0n) is 10.3. The lowest BCUT2D eigenvalue weighted by Crippen LogP contribution is -2.50. The molecule has 3 amide bonds. The third-order valence-corrected chi connectivity index (χ3v) is 1.64. The quantitative estimate of drug-likeness (QED) is 0.758. The highest BCUT2D eigenvalue weighted by Crippen LogP contribution is 1.98. The van der Waals surface area contributed by atoms with Crippen molar-refractivity contribution in [3.8, 4) is 0 Å². The minimum absolute atomic E-state index is 0.110. The van der Waals surface area contributed by atoms with Crippen LogP contribution in [0.1, 0.15) is 33.6 Å². The molecule has 0 saturated heterocycles. The van der Waals surface area contributed by atoms with E-state index in [1.54, 1.807) is 20.8 Å². The highest BCUT2D eigenvalue weighted by atomic mass is 16.6. The minimum Gasteiger partial charge on any atom is -0.449 e. The molecular weight excluding hydrogens is 228 g/mol. The second kappa shape index (κ2) is 8.37. The Hall–Kier alpha value is -1.79. The van der Waals surface area contributed by atoms with Crippen molar-refractivity contribution in [1.29, 1.82) is 0 Å². The Morgan fingerprint density at radius 1 is 1.06 bits per heavy atom. The summed E-state index contributed by atoms with van der Waals surface area (Å²) in [5.74, 6) is -0.543. The Bertz CT molecular complexity index is 262. The molecular formula is C10H18N2O5. The van der Waals surface area contributed by atoms with Crippen LogP contribution < -0.4 is 5.43 Å². The van der Waals surface area contributed by atoms with Crippen molar-refractivity contribution in [1.82, 2.24) is 10.4 Å². The van der Waals surface area contributed by atoms with Crippen LogP contribution in [-0.2, 0) is 14.3 Å². The van der Waals surface area contributed by atoms with Crippen molar-refractivity contribution >= 4 is 18.1 Å². The molecule has 0 atom stereocenters. The van der Waals surface area contributed by atoms with E-state index in [-0.39, 0.29) is 19.6 Å². The van der Waals surface area contributed by atoms with Gasteiger partial charge in [0.1, 0.15) is 0 Å². The second-order valence-electron chi connectivity index (χ2n) is 3.01. The first kappa shape index (κ1) is 15.2. The predicted octanol–water partition coefficient (Wildman–Crippen LogP) is 1.43. The van der Waals surface area contributed by atoms with Crippen LogP contribution in [0.2, 0.25) is 0 Å². The van der Waals surface area contributed by atoms with Crippen LogP contribution in [0.3, 0.4) is 0 Å². The molecule has 7 nitrogen and oxygen atoms in total. The summed E-state index contributed by atoms with van der Waals surface area (Å²) in [5.41, 5.74) is 2.04. The molecule has 0 radical (unpaired) electrons. The molecule has 0 aromatic rings. The van der Waals surface area contributed by atoms with Gasteiger partial charge in [0.05, 0.1) is 13.2 Å². The number of rotatable bonds is 4. The van der Waals surface area contributed by atoms with E-state index in [9.17, 15) is 14.4 Å². The maximum absolute atomic E-state index is 11.6. The molecule has 98 valence electrons. The van der Waals surface area contributed by atoms with Gasteiger partial charge in [-0.3, -0.25) is 4.79 Å². The van der Waals surface area contributed by atoms with Crippen molar-refractivity contribution in [3.05, 3.63) is 0 Å². The molecule has 0 spiro atoms. The van der Waals surface area contributed by atoms with Gasteiger partial charge in [-0.15, -0.1) is 5.01 Å². The van der Waals surface area contributed by atoms with E-state index in [4.69, 9.17) is 0 Å². The molecule has 0 aliphatic carbocycles. The summed E-state index contributed by atoms with van der Waals surface area (Å²) < 4.78 is 9.22. The van der Waals surface area contributed by atoms with E-state index in [0.29, 0.717) is 11.4 Å². The fraction of sp³-hybridized carbons (Fsp3) is 0.700. The smallest absolute Gasteiger partial charge is 0.436 e. The van der Waals surface area contributed by atoms with Crippen molar-refractivity contribution in [3.63, 3.8) is 0 Å². The normalized spacial score (nSPS) is 9.35. The van der Waals surface area contributed by atoms with Gasteiger partial charge < -0.3 is 9.47 Å². The Labute approximate surface area is 100 Å². The SMILES string of the molecule is CCCC(=O)N(NC(=O)OCC)C(=O)OCC. The lowest BCUT2D eigenvalue weighted by atomic mass is 10.3. The van der Waals surface area contributed by atoms with Crippen molar-refractivity contribution in [2.45, 2.75) is 33.6 Å². The van der Waals surface area contributed by atoms with Crippen molar-refractivity contribution in [2.24, 2.45) is 0 Å². The number of carbonyl (C=O) groups is 3. The average Bonchev–Trinajstić information content (AvgIpc) is 2.26. The molecule has 0 fully saturated rings. The summed E-state index contributed by atoms with van der Waals surface area (Å²) in [6, 6.07) is 0. The summed E-state index contributed by atoms with van der Waals surface area (Å²) in [6.45, 7) is 5.25. The monoisotopic (exact) mass is 246 g/mol. The maximum atomic E-state index is 11.6. The molecule has 0 aliphatic heterocycles. The van der Waals surface area contributed by atoms with Crippen LogP contribution in [0, 0.1) is 0 Å². The van der Waals surface area contributed by atoms with Crippen LogP contribution in [-0.4, -0.2) is 36.3 Å². The van der Waals surface area contributed by atoms with Gasteiger partial charge in [0.15, 0.2) is 0 Å². The van der Waals surface area contributed by atoms with E-state index in [0.717, 1.165) is 0 Å². The number of hydrogen-bond donors (Lipinski definition) is 1. The largest absolute Gasteiger partial charge is 0.449 e. The predicted molar refractivity (Wildman–Crippen MR) is 58.9 cm³/mol. The van der Waals surface area contributed by atoms with Gasteiger partial charge in [-0.05, 0) is 20.3 Å². The van der Waals surface area contributed by atoms with Gasteiger partial charge >= 0.3 is 12.2 Å². The molecule has 0 rings (SSSR count). The van der Waals surface area contributed by atoms with Crippen LogP contribution in [0.4, 0.5) is 9.59 Å². The van der Waals surface area contributed by atoms with Crippen LogP contribution >= 0.6 is 0 Å². The third-order valence-electron chi connectivity index (χ3n) is 1.64. The fourth-order valence-corrected chi connectivity index (χ4v) is 0.978. The number of ether oxygens (including phenoxy) is 2. The first-order valence-corrected chi connectivity index (χ1v) is 5.49. The Morgan fingerprint density at radius 2 is 1.65 bits per heavy atom.